The first-order valence-corrected chi connectivity index (χ1v) is 7.64. The van der Waals surface area contributed by atoms with Crippen molar-refractivity contribution in [1.82, 2.24) is 0 Å². The quantitative estimate of drug-likeness (QED) is 0.369. The van der Waals surface area contributed by atoms with Crippen LogP contribution >= 0.6 is 0 Å². The first-order valence-electron chi connectivity index (χ1n) is 7.64. The lowest BCUT2D eigenvalue weighted by Crippen LogP contribution is -2.03. The molecule has 6 heteroatoms. The van der Waals surface area contributed by atoms with E-state index in [4.69, 9.17) is 23.7 Å². The summed E-state index contributed by atoms with van der Waals surface area (Å²) in [5.41, 5.74) is 0.943. The van der Waals surface area contributed by atoms with Crippen LogP contribution in [0, 0.1) is 0 Å². The van der Waals surface area contributed by atoms with E-state index in [0.29, 0.717) is 23.0 Å². The third-order valence-electron chi connectivity index (χ3n) is 3.59. The van der Waals surface area contributed by atoms with Crippen molar-refractivity contribution >= 4 is 12.0 Å². The summed E-state index contributed by atoms with van der Waals surface area (Å²) in [6.45, 7) is 0.422. The van der Waals surface area contributed by atoms with E-state index in [1.165, 1.54) is 6.08 Å². The molecule has 0 spiro atoms. The molecule has 2 aromatic rings. The molecule has 6 nitrogen and oxygen atoms in total. The van der Waals surface area contributed by atoms with E-state index in [-0.39, 0.29) is 13.6 Å². The Morgan fingerprint density at radius 3 is 2.32 bits per heavy atom. The summed E-state index contributed by atoms with van der Waals surface area (Å²) in [6.07, 6.45) is 6.55. The van der Waals surface area contributed by atoms with Gasteiger partial charge in [0, 0.05) is 12.1 Å². The van der Waals surface area contributed by atoms with E-state index >= 15 is 0 Å². The molecule has 0 unspecified atom stereocenters. The fourth-order valence-corrected chi connectivity index (χ4v) is 2.41. The van der Waals surface area contributed by atoms with Gasteiger partial charge in [0.2, 0.25) is 13.6 Å². The Morgan fingerprint density at radius 1 is 0.840 bits per heavy atom. The summed E-state index contributed by atoms with van der Waals surface area (Å²) in [4.78, 5) is 11.8. The number of benzene rings is 2. The third-order valence-corrected chi connectivity index (χ3v) is 3.59. The molecule has 0 saturated carbocycles. The van der Waals surface area contributed by atoms with Crippen LogP contribution in [-0.4, -0.2) is 19.6 Å². The molecule has 4 rings (SSSR count). The van der Waals surface area contributed by atoms with Gasteiger partial charge in [0.25, 0.3) is 0 Å². The highest BCUT2D eigenvalue weighted by Gasteiger charge is 2.14. The van der Waals surface area contributed by atoms with E-state index in [1.807, 2.05) is 24.3 Å². The highest BCUT2D eigenvalue weighted by atomic mass is 16.7. The number of fused-ring (bicyclic) bond motifs is 2. The van der Waals surface area contributed by atoms with Crippen molar-refractivity contribution in [2.24, 2.45) is 0 Å². The van der Waals surface area contributed by atoms with Gasteiger partial charge in [0.1, 0.15) is 5.75 Å². The van der Waals surface area contributed by atoms with Crippen LogP contribution in [0.15, 0.2) is 54.6 Å². The molecule has 0 radical (unpaired) electrons. The van der Waals surface area contributed by atoms with Crippen LogP contribution in [0.2, 0.25) is 0 Å². The number of carbonyl (C=O) groups is 1. The lowest BCUT2D eigenvalue weighted by molar-refractivity contribution is -0.128. The zero-order valence-corrected chi connectivity index (χ0v) is 13.1. The maximum atomic E-state index is 11.8. The van der Waals surface area contributed by atoms with Gasteiger partial charge in [-0.15, -0.1) is 0 Å². The van der Waals surface area contributed by atoms with Crippen LogP contribution in [0.1, 0.15) is 5.56 Å². The molecule has 2 heterocycles. The minimum absolute atomic E-state index is 0.178. The first-order chi connectivity index (χ1) is 12.3. The van der Waals surface area contributed by atoms with Crippen LogP contribution in [-0.2, 0) is 4.79 Å². The van der Waals surface area contributed by atoms with E-state index < -0.39 is 5.97 Å². The van der Waals surface area contributed by atoms with Crippen LogP contribution in [0.4, 0.5) is 0 Å². The van der Waals surface area contributed by atoms with Crippen molar-refractivity contribution in [2.75, 3.05) is 13.6 Å². The minimum Gasteiger partial charge on any atom is -0.454 e. The Morgan fingerprint density at radius 2 is 1.52 bits per heavy atom. The normalized spacial score (nSPS) is 14.4. The Hall–Kier alpha value is -3.41. The second kappa shape index (κ2) is 6.60. The Kier molecular flexibility index (Phi) is 4.00. The van der Waals surface area contributed by atoms with Crippen molar-refractivity contribution in [3.63, 3.8) is 0 Å². The number of esters is 1. The monoisotopic (exact) mass is 338 g/mol. The summed E-state index contributed by atoms with van der Waals surface area (Å²) >= 11 is 0. The standard InChI is InChI=1S/C19H14O6/c20-19(25-14-6-8-16-18(10-14)24-12-22-16)4-2-1-3-13-5-7-15-17(9-13)23-11-21-15/h1-10H,11-12H2. The number of hydrogen-bond donors (Lipinski definition) is 0. The van der Waals surface area contributed by atoms with Crippen LogP contribution in [0.25, 0.3) is 6.08 Å². The second-order valence-electron chi connectivity index (χ2n) is 5.27. The van der Waals surface area contributed by atoms with E-state index in [0.717, 1.165) is 11.3 Å². The SMILES string of the molecule is O=C(C=CC=Cc1ccc2c(c1)OCO2)Oc1ccc2c(c1)OCO2. The predicted octanol–water partition coefficient (Wildman–Crippen LogP) is 3.32. The molecule has 0 aromatic heterocycles. The molecular weight excluding hydrogens is 324 g/mol. The minimum atomic E-state index is -0.478. The Bertz CT molecular complexity index is 868. The molecule has 2 aromatic carbocycles. The van der Waals surface area contributed by atoms with Crippen molar-refractivity contribution in [3.05, 3.63) is 60.2 Å². The first kappa shape index (κ1) is 15.1. The van der Waals surface area contributed by atoms with Gasteiger partial charge in [-0.05, 0) is 29.8 Å². The topological polar surface area (TPSA) is 63.2 Å². The molecule has 0 amide bonds. The summed E-state index contributed by atoms with van der Waals surface area (Å²) in [7, 11) is 0. The average Bonchev–Trinajstić information content (AvgIpc) is 3.26. The summed E-state index contributed by atoms with van der Waals surface area (Å²) in [5, 5.41) is 0. The van der Waals surface area contributed by atoms with Crippen molar-refractivity contribution < 1.29 is 28.5 Å². The van der Waals surface area contributed by atoms with Gasteiger partial charge in [-0.2, -0.15) is 0 Å². The molecule has 0 atom stereocenters. The molecular formula is C19H14O6. The smallest absolute Gasteiger partial charge is 0.336 e. The summed E-state index contributed by atoms with van der Waals surface area (Å²) < 4.78 is 26.2. The van der Waals surface area contributed by atoms with Crippen LogP contribution < -0.4 is 23.7 Å². The largest absolute Gasteiger partial charge is 0.454 e. The number of allylic oxidation sites excluding steroid dienone is 2. The molecule has 0 fully saturated rings. The molecule has 126 valence electrons. The van der Waals surface area contributed by atoms with Crippen molar-refractivity contribution in [1.29, 1.82) is 0 Å². The van der Waals surface area contributed by atoms with Gasteiger partial charge in [-0.1, -0.05) is 24.3 Å². The lowest BCUT2D eigenvalue weighted by atomic mass is 10.2. The Balaban J connectivity index is 1.34. The average molecular weight is 338 g/mol. The number of ether oxygens (including phenoxy) is 5. The van der Waals surface area contributed by atoms with Gasteiger partial charge < -0.3 is 23.7 Å². The zero-order chi connectivity index (χ0) is 17.1. The van der Waals surface area contributed by atoms with E-state index in [2.05, 4.69) is 0 Å². The molecule has 0 bridgehead atoms. The number of hydrogen-bond acceptors (Lipinski definition) is 6. The molecule has 25 heavy (non-hydrogen) atoms. The highest BCUT2D eigenvalue weighted by Crippen LogP contribution is 2.35. The van der Waals surface area contributed by atoms with Gasteiger partial charge in [-0.25, -0.2) is 4.79 Å². The third kappa shape index (κ3) is 3.42. The van der Waals surface area contributed by atoms with Crippen molar-refractivity contribution in [3.8, 4) is 28.7 Å². The predicted molar refractivity (Wildman–Crippen MR) is 88.9 cm³/mol. The molecule has 0 N–H and O–H groups in total. The van der Waals surface area contributed by atoms with E-state index in [9.17, 15) is 4.79 Å². The molecule has 2 aliphatic rings. The van der Waals surface area contributed by atoms with Crippen LogP contribution in [0.5, 0.6) is 28.7 Å². The van der Waals surface area contributed by atoms with Gasteiger partial charge in [0.15, 0.2) is 23.0 Å². The lowest BCUT2D eigenvalue weighted by Gasteiger charge is -2.02. The van der Waals surface area contributed by atoms with E-state index in [1.54, 1.807) is 30.4 Å². The highest BCUT2D eigenvalue weighted by molar-refractivity contribution is 5.84. The number of rotatable bonds is 4. The molecule has 0 aliphatic carbocycles. The zero-order valence-electron chi connectivity index (χ0n) is 13.1. The molecule has 2 aliphatic heterocycles. The van der Waals surface area contributed by atoms with Crippen molar-refractivity contribution in [2.45, 2.75) is 0 Å². The van der Waals surface area contributed by atoms with Gasteiger partial charge in [-0.3, -0.25) is 0 Å². The number of carbonyl (C=O) groups excluding carboxylic acids is 1. The molecule has 0 saturated heterocycles. The van der Waals surface area contributed by atoms with Gasteiger partial charge in [0.05, 0.1) is 0 Å². The fourth-order valence-electron chi connectivity index (χ4n) is 2.41. The summed E-state index contributed by atoms with van der Waals surface area (Å²) in [6, 6.07) is 10.6. The maximum Gasteiger partial charge on any atom is 0.336 e. The van der Waals surface area contributed by atoms with Gasteiger partial charge >= 0.3 is 5.97 Å². The maximum absolute atomic E-state index is 11.8. The fraction of sp³-hybridized carbons (Fsp3) is 0.105. The summed E-state index contributed by atoms with van der Waals surface area (Å²) in [5.74, 6) is 2.58. The second-order valence-corrected chi connectivity index (χ2v) is 5.27. The Labute approximate surface area is 143 Å². The van der Waals surface area contributed by atoms with Crippen LogP contribution in [0.3, 0.4) is 0 Å².